The van der Waals surface area contributed by atoms with Gasteiger partial charge in [0.2, 0.25) is 10.0 Å². The molecule has 0 bridgehead atoms. The van der Waals surface area contributed by atoms with E-state index in [1.54, 1.807) is 22.5 Å². The van der Waals surface area contributed by atoms with Gasteiger partial charge in [0.1, 0.15) is 5.52 Å². The Labute approximate surface area is 203 Å². The highest BCUT2D eigenvalue weighted by Crippen LogP contribution is 2.30. The number of carbonyl (C=O) groups is 1. The third-order valence-electron chi connectivity index (χ3n) is 6.05. The molecule has 0 spiro atoms. The number of rotatable bonds is 6. The predicted octanol–water partition coefficient (Wildman–Crippen LogP) is 1.17. The summed E-state index contributed by atoms with van der Waals surface area (Å²) in [4.78, 5) is 15.7. The number of nitrogens with one attached hydrogen (secondary N) is 3. The van der Waals surface area contributed by atoms with Gasteiger partial charge in [0.05, 0.1) is 17.3 Å². The SMILES string of the molecule is Cn1cc2cc(NC(=O)c3ccc(N4CCNCC4)c4cn(C)nc34)cc(CNS(C)(=O)=O)c2n1. The van der Waals surface area contributed by atoms with Crippen LogP contribution in [0.15, 0.2) is 36.7 Å². The Morgan fingerprint density at radius 3 is 2.51 bits per heavy atom. The number of benzene rings is 2. The number of hydrogen-bond acceptors (Lipinski definition) is 7. The molecule has 2 aromatic heterocycles. The van der Waals surface area contributed by atoms with E-state index in [1.807, 2.05) is 37.6 Å². The second-order valence-electron chi connectivity index (χ2n) is 8.86. The monoisotopic (exact) mass is 496 g/mol. The van der Waals surface area contributed by atoms with E-state index in [4.69, 9.17) is 0 Å². The first-order valence-electron chi connectivity index (χ1n) is 11.3. The van der Waals surface area contributed by atoms with E-state index < -0.39 is 10.0 Å². The van der Waals surface area contributed by atoms with Crippen molar-refractivity contribution >= 4 is 49.1 Å². The van der Waals surface area contributed by atoms with Gasteiger partial charge in [0.15, 0.2) is 0 Å². The third-order valence-corrected chi connectivity index (χ3v) is 6.72. The summed E-state index contributed by atoms with van der Waals surface area (Å²) >= 11 is 0. The molecule has 0 unspecified atom stereocenters. The first kappa shape index (κ1) is 23.3. The fraction of sp³-hybridized carbons (Fsp3) is 0.348. The normalized spacial score (nSPS) is 14.7. The molecule has 1 aliphatic heterocycles. The Morgan fingerprint density at radius 2 is 1.77 bits per heavy atom. The Balaban J connectivity index is 1.48. The van der Waals surface area contributed by atoms with Crippen molar-refractivity contribution in [1.82, 2.24) is 29.6 Å². The van der Waals surface area contributed by atoms with Crippen molar-refractivity contribution in [3.8, 4) is 0 Å². The quantitative estimate of drug-likeness (QED) is 0.366. The molecule has 12 heteroatoms. The molecule has 1 saturated heterocycles. The lowest BCUT2D eigenvalue weighted by Crippen LogP contribution is -2.43. The lowest BCUT2D eigenvalue weighted by Gasteiger charge is -2.30. The van der Waals surface area contributed by atoms with Gasteiger partial charge in [-0.2, -0.15) is 10.2 Å². The molecule has 4 aromatic rings. The average Bonchev–Trinajstić information content (AvgIpc) is 3.38. The van der Waals surface area contributed by atoms with E-state index in [1.165, 1.54) is 0 Å². The minimum absolute atomic E-state index is 0.0694. The fourth-order valence-corrected chi connectivity index (χ4v) is 4.93. The first-order valence-corrected chi connectivity index (χ1v) is 13.2. The summed E-state index contributed by atoms with van der Waals surface area (Å²) < 4.78 is 29.2. The van der Waals surface area contributed by atoms with Gasteiger partial charge >= 0.3 is 0 Å². The molecule has 0 aliphatic carbocycles. The van der Waals surface area contributed by atoms with Crippen molar-refractivity contribution in [2.45, 2.75) is 6.54 Å². The summed E-state index contributed by atoms with van der Waals surface area (Å²) in [5.41, 5.74) is 4.08. The summed E-state index contributed by atoms with van der Waals surface area (Å²) in [6.07, 6.45) is 4.88. The number of sulfonamides is 1. The van der Waals surface area contributed by atoms with Crippen LogP contribution < -0.4 is 20.3 Å². The number of hydrogen-bond donors (Lipinski definition) is 3. The Hall–Kier alpha value is -3.48. The number of amides is 1. The maximum Gasteiger partial charge on any atom is 0.257 e. The van der Waals surface area contributed by atoms with Gasteiger partial charge in [0.25, 0.3) is 5.91 Å². The van der Waals surface area contributed by atoms with E-state index in [9.17, 15) is 13.2 Å². The standard InChI is InChI=1S/C23H28N8O3S/c1-29-13-16-11-17(10-15(21(16)27-29)12-25-35(3,33)34)26-23(32)18-4-5-20(31-8-6-24-7-9-31)19-14-30(2)28-22(18)19/h4-5,10-11,13-14,24-25H,6-9,12H2,1-3H3,(H,26,32). The number of nitrogens with zero attached hydrogens (tertiary/aromatic N) is 5. The van der Waals surface area contributed by atoms with Gasteiger partial charge in [-0.15, -0.1) is 0 Å². The Morgan fingerprint density at radius 1 is 1.06 bits per heavy atom. The van der Waals surface area contributed by atoms with Crippen LogP contribution >= 0.6 is 0 Å². The zero-order valence-corrected chi connectivity index (χ0v) is 20.7. The van der Waals surface area contributed by atoms with Crippen LogP contribution in [-0.2, 0) is 30.7 Å². The molecule has 1 fully saturated rings. The fourth-order valence-electron chi connectivity index (χ4n) is 4.51. The minimum atomic E-state index is -3.39. The van der Waals surface area contributed by atoms with Gasteiger partial charge in [0, 0.05) is 81.4 Å². The van der Waals surface area contributed by atoms with Crippen LogP contribution in [0.4, 0.5) is 11.4 Å². The number of fused-ring (bicyclic) bond motifs is 2. The third kappa shape index (κ3) is 4.85. The van der Waals surface area contributed by atoms with Crippen molar-refractivity contribution in [3.63, 3.8) is 0 Å². The topological polar surface area (TPSA) is 126 Å². The van der Waals surface area contributed by atoms with Crippen LogP contribution in [0.5, 0.6) is 0 Å². The second kappa shape index (κ2) is 8.95. The van der Waals surface area contributed by atoms with Crippen molar-refractivity contribution < 1.29 is 13.2 Å². The smallest absolute Gasteiger partial charge is 0.257 e. The largest absolute Gasteiger partial charge is 0.368 e. The molecule has 0 atom stereocenters. The van der Waals surface area contributed by atoms with Gasteiger partial charge < -0.3 is 15.5 Å². The molecule has 3 heterocycles. The molecule has 0 radical (unpaired) electrons. The van der Waals surface area contributed by atoms with Crippen LogP contribution in [-0.4, -0.2) is 66.3 Å². The van der Waals surface area contributed by atoms with Crippen molar-refractivity contribution in [3.05, 3.63) is 47.8 Å². The maximum atomic E-state index is 13.4. The number of aryl methyl sites for hydroxylation is 2. The first-order chi connectivity index (χ1) is 16.7. The van der Waals surface area contributed by atoms with Crippen LogP contribution in [0.3, 0.4) is 0 Å². The maximum absolute atomic E-state index is 13.4. The van der Waals surface area contributed by atoms with Crippen molar-refractivity contribution in [1.29, 1.82) is 0 Å². The summed E-state index contributed by atoms with van der Waals surface area (Å²) in [6, 6.07) is 7.37. The van der Waals surface area contributed by atoms with E-state index in [2.05, 4.69) is 30.5 Å². The minimum Gasteiger partial charge on any atom is -0.368 e. The van der Waals surface area contributed by atoms with Crippen molar-refractivity contribution in [2.24, 2.45) is 14.1 Å². The molecular weight excluding hydrogens is 468 g/mol. The summed E-state index contributed by atoms with van der Waals surface area (Å²) in [5, 5.41) is 17.1. The lowest BCUT2D eigenvalue weighted by molar-refractivity contribution is 0.102. The molecular formula is C23H28N8O3S. The molecule has 1 amide bonds. The number of piperazine rings is 1. The van der Waals surface area contributed by atoms with Crippen molar-refractivity contribution in [2.75, 3.05) is 42.7 Å². The average molecular weight is 497 g/mol. The molecule has 0 saturated carbocycles. The molecule has 184 valence electrons. The van der Waals surface area contributed by atoms with Gasteiger partial charge in [-0.1, -0.05) is 0 Å². The zero-order valence-electron chi connectivity index (χ0n) is 19.9. The summed E-state index contributed by atoms with van der Waals surface area (Å²) in [7, 11) is 0.254. The number of carbonyl (C=O) groups excluding carboxylic acids is 1. The highest BCUT2D eigenvalue weighted by molar-refractivity contribution is 7.88. The van der Waals surface area contributed by atoms with E-state index in [-0.39, 0.29) is 12.5 Å². The molecule has 11 nitrogen and oxygen atoms in total. The summed E-state index contributed by atoms with van der Waals surface area (Å²) in [5.74, 6) is -0.286. The van der Waals surface area contributed by atoms with E-state index in [0.717, 1.165) is 48.9 Å². The van der Waals surface area contributed by atoms with Crippen LogP contribution in [0, 0.1) is 0 Å². The summed E-state index contributed by atoms with van der Waals surface area (Å²) in [6.45, 7) is 3.69. The van der Waals surface area contributed by atoms with Crippen LogP contribution in [0.2, 0.25) is 0 Å². The highest BCUT2D eigenvalue weighted by atomic mass is 32.2. The number of aromatic nitrogens is 4. The van der Waals surface area contributed by atoms with E-state index in [0.29, 0.717) is 27.8 Å². The van der Waals surface area contributed by atoms with Crippen LogP contribution in [0.25, 0.3) is 21.8 Å². The number of anilines is 2. The van der Waals surface area contributed by atoms with Gasteiger partial charge in [-0.25, -0.2) is 13.1 Å². The lowest BCUT2D eigenvalue weighted by atomic mass is 10.1. The molecule has 1 aliphatic rings. The van der Waals surface area contributed by atoms with Crippen LogP contribution in [0.1, 0.15) is 15.9 Å². The predicted molar refractivity (Wildman–Crippen MR) is 136 cm³/mol. The molecule has 2 aromatic carbocycles. The molecule has 5 rings (SSSR count). The second-order valence-corrected chi connectivity index (χ2v) is 10.7. The zero-order chi connectivity index (χ0) is 24.7. The highest BCUT2D eigenvalue weighted by Gasteiger charge is 2.20. The Bertz CT molecular complexity index is 1530. The van der Waals surface area contributed by atoms with E-state index >= 15 is 0 Å². The molecule has 35 heavy (non-hydrogen) atoms. The van der Waals surface area contributed by atoms with Gasteiger partial charge in [-0.05, 0) is 29.8 Å². The van der Waals surface area contributed by atoms with Gasteiger partial charge in [-0.3, -0.25) is 14.2 Å². The molecule has 3 N–H and O–H groups in total. The Kier molecular flexibility index (Phi) is 5.95.